The number of aryl methyl sites for hydroxylation is 1. The van der Waals surface area contributed by atoms with Crippen LogP contribution in [0.4, 0.5) is 0 Å². The fourth-order valence-corrected chi connectivity index (χ4v) is 5.76. The van der Waals surface area contributed by atoms with Crippen molar-refractivity contribution < 1.29 is 9.59 Å². The zero-order valence-electron chi connectivity index (χ0n) is 19.8. The normalized spacial score (nSPS) is 24.9. The summed E-state index contributed by atoms with van der Waals surface area (Å²) in [5.41, 5.74) is 2.58. The lowest BCUT2D eigenvalue weighted by molar-refractivity contribution is -0.138. The molecule has 0 bridgehead atoms. The minimum Gasteiger partial charge on any atom is -0.354 e. The van der Waals surface area contributed by atoms with E-state index in [1.165, 1.54) is 11.1 Å². The van der Waals surface area contributed by atoms with Crippen LogP contribution in [-0.4, -0.2) is 75.6 Å². The van der Waals surface area contributed by atoms with Crippen LogP contribution in [-0.2, 0) is 35.4 Å². The molecule has 3 unspecified atom stereocenters. The SMILES string of the molecule is CN1CCN(C(=O)CC2CCc3ccccc3C2)C(CNC(=O)C2CCn3c(n[nH]c3=O)C2)C1. The van der Waals surface area contributed by atoms with Gasteiger partial charge in [-0.2, -0.15) is 5.10 Å². The van der Waals surface area contributed by atoms with Crippen LogP contribution >= 0.6 is 0 Å². The molecule has 3 aliphatic rings. The Labute approximate surface area is 199 Å². The molecule has 2 aliphatic heterocycles. The molecule has 2 amide bonds. The van der Waals surface area contributed by atoms with Crippen molar-refractivity contribution in [2.24, 2.45) is 11.8 Å². The van der Waals surface area contributed by atoms with Gasteiger partial charge in [-0.3, -0.25) is 14.2 Å². The molecule has 3 heterocycles. The van der Waals surface area contributed by atoms with Gasteiger partial charge in [0.1, 0.15) is 5.82 Å². The van der Waals surface area contributed by atoms with Crippen LogP contribution < -0.4 is 11.0 Å². The van der Waals surface area contributed by atoms with E-state index in [0.717, 1.165) is 32.4 Å². The summed E-state index contributed by atoms with van der Waals surface area (Å²) in [6.45, 7) is 3.25. The van der Waals surface area contributed by atoms with E-state index in [-0.39, 0.29) is 29.5 Å². The highest BCUT2D eigenvalue weighted by Crippen LogP contribution is 2.28. The van der Waals surface area contributed by atoms with Gasteiger partial charge >= 0.3 is 5.69 Å². The number of hydrogen-bond donors (Lipinski definition) is 2. The molecule has 0 radical (unpaired) electrons. The summed E-state index contributed by atoms with van der Waals surface area (Å²) in [5, 5.41) is 9.60. The van der Waals surface area contributed by atoms with E-state index in [1.807, 2.05) is 4.90 Å². The van der Waals surface area contributed by atoms with Gasteiger partial charge in [0.15, 0.2) is 0 Å². The lowest BCUT2D eigenvalue weighted by Crippen LogP contribution is -2.58. The zero-order valence-corrected chi connectivity index (χ0v) is 19.8. The van der Waals surface area contributed by atoms with Crippen molar-refractivity contribution >= 4 is 11.8 Å². The van der Waals surface area contributed by atoms with Crippen molar-refractivity contribution in [1.82, 2.24) is 29.9 Å². The summed E-state index contributed by atoms with van der Waals surface area (Å²) in [6.07, 6.45) is 4.72. The van der Waals surface area contributed by atoms with Gasteiger partial charge in [-0.25, -0.2) is 9.89 Å². The Bertz CT molecular complexity index is 1110. The summed E-state index contributed by atoms with van der Waals surface area (Å²) in [6, 6.07) is 8.53. The fourth-order valence-electron chi connectivity index (χ4n) is 5.76. The van der Waals surface area contributed by atoms with Gasteiger partial charge in [-0.1, -0.05) is 24.3 Å². The van der Waals surface area contributed by atoms with Crippen LogP contribution in [0.25, 0.3) is 0 Å². The topological polar surface area (TPSA) is 103 Å². The molecule has 0 spiro atoms. The fraction of sp³-hybridized carbons (Fsp3) is 0.600. The summed E-state index contributed by atoms with van der Waals surface area (Å²) in [5.74, 6) is 1.00. The van der Waals surface area contributed by atoms with Crippen LogP contribution in [0.3, 0.4) is 0 Å². The Hall–Kier alpha value is -2.94. The molecular weight excluding hydrogens is 432 g/mol. The van der Waals surface area contributed by atoms with E-state index >= 15 is 0 Å². The molecule has 1 aromatic carbocycles. The van der Waals surface area contributed by atoms with Crippen molar-refractivity contribution in [2.45, 2.75) is 51.1 Å². The Kier molecular flexibility index (Phi) is 6.54. The van der Waals surface area contributed by atoms with Crippen LogP contribution in [0.15, 0.2) is 29.1 Å². The number of aromatic nitrogens is 3. The van der Waals surface area contributed by atoms with E-state index in [9.17, 15) is 14.4 Å². The number of benzene rings is 1. The first kappa shape index (κ1) is 22.8. The molecule has 1 fully saturated rings. The van der Waals surface area contributed by atoms with Gasteiger partial charge in [-0.15, -0.1) is 0 Å². The maximum Gasteiger partial charge on any atom is 0.343 e. The minimum absolute atomic E-state index is 0.0220. The first-order valence-electron chi connectivity index (χ1n) is 12.4. The zero-order chi connectivity index (χ0) is 23.7. The lowest BCUT2D eigenvalue weighted by Gasteiger charge is -2.41. The highest BCUT2D eigenvalue weighted by molar-refractivity contribution is 5.79. The largest absolute Gasteiger partial charge is 0.354 e. The number of carbonyl (C=O) groups is 2. The van der Waals surface area contributed by atoms with Gasteiger partial charge in [-0.05, 0) is 49.8 Å². The first-order chi connectivity index (χ1) is 16.5. The number of carbonyl (C=O) groups excluding carboxylic acids is 2. The predicted molar refractivity (Wildman–Crippen MR) is 127 cm³/mol. The number of H-pyrrole nitrogens is 1. The molecule has 9 nitrogen and oxygen atoms in total. The van der Waals surface area contributed by atoms with Gasteiger partial charge in [0, 0.05) is 51.5 Å². The number of aromatic amines is 1. The van der Waals surface area contributed by atoms with Gasteiger partial charge in [0.2, 0.25) is 11.8 Å². The molecular formula is C25H34N6O3. The monoisotopic (exact) mass is 466 g/mol. The van der Waals surface area contributed by atoms with Crippen molar-refractivity contribution in [1.29, 1.82) is 0 Å². The summed E-state index contributed by atoms with van der Waals surface area (Å²) >= 11 is 0. The van der Waals surface area contributed by atoms with E-state index < -0.39 is 0 Å². The Morgan fingerprint density at radius 2 is 1.94 bits per heavy atom. The third-order valence-electron chi connectivity index (χ3n) is 7.77. The average Bonchev–Trinajstić information content (AvgIpc) is 3.22. The number of amides is 2. The third-order valence-corrected chi connectivity index (χ3v) is 7.77. The summed E-state index contributed by atoms with van der Waals surface area (Å²) in [4.78, 5) is 42.2. The maximum atomic E-state index is 13.3. The molecule has 5 rings (SSSR count). The minimum atomic E-state index is -0.213. The Morgan fingerprint density at radius 3 is 2.79 bits per heavy atom. The Morgan fingerprint density at radius 1 is 1.12 bits per heavy atom. The van der Waals surface area contributed by atoms with Gasteiger partial charge in [0.05, 0.1) is 6.04 Å². The van der Waals surface area contributed by atoms with Crippen LogP contribution in [0.2, 0.25) is 0 Å². The van der Waals surface area contributed by atoms with E-state index in [1.54, 1.807) is 4.57 Å². The van der Waals surface area contributed by atoms with E-state index in [2.05, 4.69) is 51.7 Å². The second kappa shape index (κ2) is 9.74. The second-order valence-electron chi connectivity index (χ2n) is 10.1. The van der Waals surface area contributed by atoms with Crippen LogP contribution in [0, 0.1) is 11.8 Å². The molecule has 0 saturated carbocycles. The highest BCUT2D eigenvalue weighted by Gasteiger charge is 2.33. The van der Waals surface area contributed by atoms with Gasteiger partial charge < -0.3 is 15.1 Å². The number of fused-ring (bicyclic) bond motifs is 2. The molecule has 3 atom stereocenters. The predicted octanol–water partition coefficient (Wildman–Crippen LogP) is 0.588. The third kappa shape index (κ3) is 4.80. The number of likely N-dealkylation sites (N-methyl/N-ethyl adjacent to an activating group) is 1. The second-order valence-corrected chi connectivity index (χ2v) is 10.1. The standard InChI is InChI=1S/C25H34N6O3/c1-29-10-11-30(23(32)13-17-6-7-18-4-2-3-5-19(18)12-17)21(16-29)15-26-24(33)20-8-9-31-22(14-20)27-28-25(31)34/h2-5,17,20-21H,6-16H2,1H3,(H,26,33)(H,28,34). The van der Waals surface area contributed by atoms with Crippen molar-refractivity contribution in [3.05, 3.63) is 51.7 Å². The number of nitrogens with zero attached hydrogens (tertiary/aromatic N) is 4. The van der Waals surface area contributed by atoms with Gasteiger partial charge in [0.25, 0.3) is 0 Å². The Balaban J connectivity index is 1.17. The smallest absolute Gasteiger partial charge is 0.343 e. The van der Waals surface area contributed by atoms with Crippen molar-refractivity contribution in [3.8, 4) is 0 Å². The number of hydrogen-bond acceptors (Lipinski definition) is 5. The quantitative estimate of drug-likeness (QED) is 0.671. The maximum absolute atomic E-state index is 13.3. The van der Waals surface area contributed by atoms with E-state index in [4.69, 9.17) is 0 Å². The number of piperazine rings is 1. The molecule has 182 valence electrons. The molecule has 2 aromatic rings. The van der Waals surface area contributed by atoms with Crippen molar-refractivity contribution in [3.63, 3.8) is 0 Å². The molecule has 1 aromatic heterocycles. The molecule has 34 heavy (non-hydrogen) atoms. The molecule has 9 heteroatoms. The summed E-state index contributed by atoms with van der Waals surface area (Å²) in [7, 11) is 2.06. The average molecular weight is 467 g/mol. The molecule has 1 saturated heterocycles. The number of nitrogens with one attached hydrogen (secondary N) is 2. The lowest BCUT2D eigenvalue weighted by atomic mass is 9.82. The molecule has 2 N–H and O–H groups in total. The van der Waals surface area contributed by atoms with E-state index in [0.29, 0.717) is 50.6 Å². The molecule has 1 aliphatic carbocycles. The van der Waals surface area contributed by atoms with Crippen LogP contribution in [0.1, 0.15) is 36.2 Å². The highest BCUT2D eigenvalue weighted by atomic mass is 16.2. The first-order valence-corrected chi connectivity index (χ1v) is 12.4. The van der Waals surface area contributed by atoms with Crippen LogP contribution in [0.5, 0.6) is 0 Å². The summed E-state index contributed by atoms with van der Waals surface area (Å²) < 4.78 is 1.60. The number of rotatable bonds is 5. The van der Waals surface area contributed by atoms with Crippen molar-refractivity contribution in [2.75, 3.05) is 33.2 Å².